The molecular weight excluding hydrogens is 276 g/mol. The third-order valence-corrected chi connectivity index (χ3v) is 3.66. The highest BCUT2D eigenvalue weighted by atomic mass is 35.5. The maximum Gasteiger partial charge on any atom is 0.131 e. The summed E-state index contributed by atoms with van der Waals surface area (Å²) in [6.45, 7) is 4.10. The lowest BCUT2D eigenvalue weighted by Crippen LogP contribution is -2.04. The number of benzene rings is 1. The minimum Gasteiger partial charge on any atom is -0.487 e. The quantitative estimate of drug-likeness (QED) is 0.920. The van der Waals surface area contributed by atoms with Crippen LogP contribution in [-0.4, -0.2) is 14.9 Å². The van der Waals surface area contributed by atoms with Gasteiger partial charge in [-0.3, -0.25) is 4.68 Å². The first kappa shape index (κ1) is 14.9. The van der Waals surface area contributed by atoms with Crippen LogP contribution in [0.2, 0.25) is 5.02 Å². The standard InChI is InChI=1S/C15H19ClN2O2/c1-4-13-15(16)14(18(3)17-13)9-20-12-7-5-6-11(8-12)10(2)19/h5-8,10,19H,4,9H2,1-3H3/t10-/m1/s1. The smallest absolute Gasteiger partial charge is 0.131 e. The Balaban J connectivity index is 2.13. The number of aliphatic hydroxyl groups excluding tert-OH is 1. The highest BCUT2D eigenvalue weighted by Gasteiger charge is 2.13. The van der Waals surface area contributed by atoms with Crippen molar-refractivity contribution in [2.75, 3.05) is 0 Å². The number of nitrogens with zero attached hydrogens (tertiary/aromatic N) is 2. The van der Waals surface area contributed by atoms with Crippen LogP contribution in [0.5, 0.6) is 5.75 Å². The summed E-state index contributed by atoms with van der Waals surface area (Å²) in [5, 5.41) is 14.6. The first-order chi connectivity index (χ1) is 9.52. The zero-order valence-electron chi connectivity index (χ0n) is 11.9. The largest absolute Gasteiger partial charge is 0.487 e. The number of hydrogen-bond donors (Lipinski definition) is 1. The van der Waals surface area contributed by atoms with Crippen LogP contribution in [0, 0.1) is 0 Å². The van der Waals surface area contributed by atoms with Crippen LogP contribution in [0.15, 0.2) is 24.3 Å². The lowest BCUT2D eigenvalue weighted by Gasteiger charge is -2.10. The van der Waals surface area contributed by atoms with Crippen molar-refractivity contribution in [2.24, 2.45) is 7.05 Å². The van der Waals surface area contributed by atoms with Crippen molar-refractivity contribution in [1.82, 2.24) is 9.78 Å². The van der Waals surface area contributed by atoms with E-state index in [0.717, 1.165) is 23.4 Å². The van der Waals surface area contributed by atoms with Gasteiger partial charge in [0.25, 0.3) is 0 Å². The topological polar surface area (TPSA) is 47.3 Å². The summed E-state index contributed by atoms with van der Waals surface area (Å²) in [6, 6.07) is 7.41. The van der Waals surface area contributed by atoms with Gasteiger partial charge in [-0.25, -0.2) is 0 Å². The van der Waals surface area contributed by atoms with E-state index in [1.165, 1.54) is 0 Å². The van der Waals surface area contributed by atoms with Gasteiger partial charge in [0.2, 0.25) is 0 Å². The summed E-state index contributed by atoms with van der Waals surface area (Å²) >= 11 is 6.27. The van der Waals surface area contributed by atoms with E-state index >= 15 is 0 Å². The lowest BCUT2D eigenvalue weighted by molar-refractivity contribution is 0.198. The van der Waals surface area contributed by atoms with E-state index in [4.69, 9.17) is 16.3 Å². The Morgan fingerprint density at radius 1 is 1.45 bits per heavy atom. The molecule has 1 N–H and O–H groups in total. The van der Waals surface area contributed by atoms with E-state index in [2.05, 4.69) is 5.10 Å². The van der Waals surface area contributed by atoms with E-state index in [0.29, 0.717) is 17.4 Å². The van der Waals surface area contributed by atoms with E-state index in [9.17, 15) is 5.11 Å². The number of aryl methyl sites for hydroxylation is 2. The van der Waals surface area contributed by atoms with E-state index < -0.39 is 6.10 Å². The zero-order chi connectivity index (χ0) is 14.7. The summed E-state index contributed by atoms with van der Waals surface area (Å²) in [6.07, 6.45) is 0.287. The van der Waals surface area contributed by atoms with Gasteiger partial charge in [0.05, 0.1) is 22.5 Å². The van der Waals surface area contributed by atoms with Gasteiger partial charge < -0.3 is 9.84 Å². The van der Waals surface area contributed by atoms with Gasteiger partial charge in [-0.1, -0.05) is 30.7 Å². The number of aromatic nitrogens is 2. The number of hydrogen-bond acceptors (Lipinski definition) is 3. The van der Waals surface area contributed by atoms with E-state index in [1.54, 1.807) is 11.6 Å². The Kier molecular flexibility index (Phi) is 4.68. The summed E-state index contributed by atoms with van der Waals surface area (Å²) < 4.78 is 7.50. The molecule has 0 fully saturated rings. The fraction of sp³-hybridized carbons (Fsp3) is 0.400. The van der Waals surface area contributed by atoms with Crippen molar-refractivity contribution < 1.29 is 9.84 Å². The third-order valence-electron chi connectivity index (χ3n) is 3.22. The molecule has 20 heavy (non-hydrogen) atoms. The predicted molar refractivity (Wildman–Crippen MR) is 79.0 cm³/mol. The average molecular weight is 295 g/mol. The summed E-state index contributed by atoms with van der Waals surface area (Å²) in [7, 11) is 1.86. The first-order valence-electron chi connectivity index (χ1n) is 6.64. The molecule has 1 heterocycles. The van der Waals surface area contributed by atoms with Gasteiger partial charge in [-0.05, 0) is 31.0 Å². The molecule has 0 saturated carbocycles. The lowest BCUT2D eigenvalue weighted by atomic mass is 10.1. The third kappa shape index (κ3) is 3.14. The molecule has 1 atom stereocenters. The zero-order valence-corrected chi connectivity index (χ0v) is 12.7. The highest BCUT2D eigenvalue weighted by Crippen LogP contribution is 2.24. The van der Waals surface area contributed by atoms with Crippen LogP contribution in [0.3, 0.4) is 0 Å². The Bertz CT molecular complexity index is 594. The van der Waals surface area contributed by atoms with E-state index in [1.807, 2.05) is 38.2 Å². The van der Waals surface area contributed by atoms with Crippen molar-refractivity contribution in [2.45, 2.75) is 33.0 Å². The predicted octanol–water partition coefficient (Wildman–Crippen LogP) is 3.27. The van der Waals surface area contributed by atoms with Crippen molar-refractivity contribution in [3.05, 3.63) is 46.2 Å². The van der Waals surface area contributed by atoms with Crippen LogP contribution in [0.1, 0.15) is 36.9 Å². The van der Waals surface area contributed by atoms with E-state index in [-0.39, 0.29) is 0 Å². The van der Waals surface area contributed by atoms with Gasteiger partial charge in [0.15, 0.2) is 0 Å². The molecule has 0 saturated heterocycles. The van der Waals surface area contributed by atoms with Crippen molar-refractivity contribution >= 4 is 11.6 Å². The minimum atomic E-state index is -0.509. The van der Waals surface area contributed by atoms with Crippen LogP contribution in [0.25, 0.3) is 0 Å². The van der Waals surface area contributed by atoms with Crippen molar-refractivity contribution in [1.29, 1.82) is 0 Å². The fourth-order valence-corrected chi connectivity index (χ4v) is 2.34. The molecule has 0 aliphatic heterocycles. The Hall–Kier alpha value is -1.52. The summed E-state index contributed by atoms with van der Waals surface area (Å²) in [4.78, 5) is 0. The number of aliphatic hydroxyl groups is 1. The molecule has 0 aliphatic rings. The molecule has 1 aromatic heterocycles. The molecule has 5 heteroatoms. The maximum atomic E-state index is 9.57. The SMILES string of the molecule is CCc1nn(C)c(COc2cccc([C@@H](C)O)c2)c1Cl. The second-order valence-corrected chi connectivity index (χ2v) is 5.10. The molecule has 0 unspecified atom stereocenters. The highest BCUT2D eigenvalue weighted by molar-refractivity contribution is 6.31. The van der Waals surface area contributed by atoms with Crippen LogP contribution in [0.4, 0.5) is 0 Å². The second-order valence-electron chi connectivity index (χ2n) is 4.72. The molecule has 2 aromatic rings. The van der Waals surface area contributed by atoms with Gasteiger partial charge in [-0.15, -0.1) is 0 Å². The van der Waals surface area contributed by atoms with Gasteiger partial charge in [0, 0.05) is 7.05 Å². The normalized spacial score (nSPS) is 12.4. The average Bonchev–Trinajstić information content (AvgIpc) is 2.71. The van der Waals surface area contributed by atoms with Crippen molar-refractivity contribution in [3.63, 3.8) is 0 Å². The van der Waals surface area contributed by atoms with Crippen LogP contribution < -0.4 is 4.74 Å². The molecule has 0 bridgehead atoms. The maximum absolute atomic E-state index is 9.57. The molecule has 4 nitrogen and oxygen atoms in total. The van der Waals surface area contributed by atoms with Crippen molar-refractivity contribution in [3.8, 4) is 5.75 Å². The second kappa shape index (κ2) is 6.29. The summed E-state index contributed by atoms with van der Waals surface area (Å²) in [5.41, 5.74) is 2.56. The molecule has 0 amide bonds. The minimum absolute atomic E-state index is 0.353. The molecule has 108 valence electrons. The van der Waals surface area contributed by atoms with Crippen LogP contribution in [-0.2, 0) is 20.1 Å². The summed E-state index contributed by atoms with van der Waals surface area (Å²) in [5.74, 6) is 0.707. The Labute approximate surface area is 123 Å². The molecule has 0 spiro atoms. The Morgan fingerprint density at radius 3 is 2.80 bits per heavy atom. The first-order valence-corrected chi connectivity index (χ1v) is 7.01. The number of halogens is 1. The van der Waals surface area contributed by atoms with Gasteiger partial charge in [-0.2, -0.15) is 5.10 Å². The fourth-order valence-electron chi connectivity index (χ4n) is 1.99. The molecule has 2 rings (SSSR count). The van der Waals surface area contributed by atoms with Gasteiger partial charge >= 0.3 is 0 Å². The van der Waals surface area contributed by atoms with Crippen LogP contribution >= 0.6 is 11.6 Å². The number of ether oxygens (including phenoxy) is 1. The number of rotatable bonds is 5. The monoisotopic (exact) mass is 294 g/mol. The molecular formula is C15H19ClN2O2. The molecule has 0 aliphatic carbocycles. The van der Waals surface area contributed by atoms with Gasteiger partial charge in [0.1, 0.15) is 12.4 Å². The molecule has 0 radical (unpaired) electrons. The Morgan fingerprint density at radius 2 is 2.20 bits per heavy atom. The molecule has 1 aromatic carbocycles.